The van der Waals surface area contributed by atoms with Crippen LogP contribution in [0.5, 0.6) is 5.75 Å². The number of ether oxygens (including phenoxy) is 2. The second kappa shape index (κ2) is 13.4. The highest BCUT2D eigenvalue weighted by Crippen LogP contribution is 2.27. The first-order valence-electron chi connectivity index (χ1n) is 14.3. The Morgan fingerprint density at radius 1 is 1.02 bits per heavy atom. The van der Waals surface area contributed by atoms with Gasteiger partial charge in [0, 0.05) is 56.4 Å². The Hall–Kier alpha value is -3.21. The predicted octanol–water partition coefficient (Wildman–Crippen LogP) is 4.37. The summed E-state index contributed by atoms with van der Waals surface area (Å²) in [4.78, 5) is 45.4. The zero-order valence-electron chi connectivity index (χ0n) is 24.9. The van der Waals surface area contributed by atoms with Crippen LogP contribution in [0.25, 0.3) is 0 Å². The van der Waals surface area contributed by atoms with Crippen LogP contribution in [-0.2, 0) is 16.1 Å². The average Bonchev–Trinajstić information content (AvgIpc) is 2.93. The molecule has 0 aliphatic carbocycles. The van der Waals surface area contributed by atoms with Gasteiger partial charge < -0.3 is 19.7 Å². The van der Waals surface area contributed by atoms with Crippen LogP contribution in [0, 0.1) is 5.82 Å². The van der Waals surface area contributed by atoms with E-state index in [2.05, 4.69) is 17.1 Å². The smallest absolute Gasteiger partial charge is 0.411 e. The van der Waals surface area contributed by atoms with Crippen molar-refractivity contribution in [1.29, 1.82) is 0 Å². The zero-order valence-corrected chi connectivity index (χ0v) is 25.6. The van der Waals surface area contributed by atoms with Gasteiger partial charge in [0.25, 0.3) is 5.91 Å². The lowest BCUT2D eigenvalue weighted by atomic mass is 10.0. The molecule has 3 unspecified atom stereocenters. The number of nitrogens with zero attached hydrogens (tertiary/aromatic N) is 3. The quantitative estimate of drug-likeness (QED) is 0.471. The SMILES string of the molecule is CC1CN(C(=O)COc2ccc(Cl)cc2C(=O)C2CNCCN2C(=O)OC(C)(C)C)C(C)CN1Cc1ccc(F)cc1. The first-order chi connectivity index (χ1) is 19.8. The fourth-order valence-corrected chi connectivity index (χ4v) is 5.46. The number of hydrogen-bond acceptors (Lipinski definition) is 7. The van der Waals surface area contributed by atoms with Gasteiger partial charge in [-0.1, -0.05) is 23.7 Å². The third-order valence-corrected chi connectivity index (χ3v) is 7.70. The molecule has 2 heterocycles. The van der Waals surface area contributed by atoms with Gasteiger partial charge in [-0.05, 0) is 70.5 Å². The van der Waals surface area contributed by atoms with E-state index in [0.29, 0.717) is 37.7 Å². The Kier molecular flexibility index (Phi) is 10.1. The van der Waals surface area contributed by atoms with Gasteiger partial charge in [-0.3, -0.25) is 19.4 Å². The highest BCUT2D eigenvalue weighted by Gasteiger charge is 2.37. The van der Waals surface area contributed by atoms with E-state index in [1.54, 1.807) is 49.9 Å². The number of piperazine rings is 2. The summed E-state index contributed by atoms with van der Waals surface area (Å²) in [6, 6.07) is 10.3. The minimum atomic E-state index is -0.819. The van der Waals surface area contributed by atoms with E-state index in [9.17, 15) is 18.8 Å². The van der Waals surface area contributed by atoms with E-state index in [-0.39, 0.29) is 54.1 Å². The molecule has 11 heteroatoms. The molecule has 2 aliphatic rings. The number of rotatable bonds is 7. The molecule has 2 aromatic rings. The third kappa shape index (κ3) is 7.99. The van der Waals surface area contributed by atoms with Crippen molar-refractivity contribution >= 4 is 29.4 Å². The van der Waals surface area contributed by atoms with E-state index < -0.39 is 17.7 Å². The molecule has 0 radical (unpaired) electrons. The summed E-state index contributed by atoms with van der Waals surface area (Å²) in [5.41, 5.74) is 0.501. The lowest BCUT2D eigenvalue weighted by Crippen LogP contribution is -2.58. The zero-order chi connectivity index (χ0) is 30.6. The monoisotopic (exact) mass is 602 g/mol. The molecule has 3 atom stereocenters. The molecule has 2 amide bonds. The maximum Gasteiger partial charge on any atom is 0.411 e. The minimum Gasteiger partial charge on any atom is -0.483 e. The van der Waals surface area contributed by atoms with Crippen molar-refractivity contribution in [3.8, 4) is 5.75 Å². The summed E-state index contributed by atoms with van der Waals surface area (Å²) < 4.78 is 24.8. The number of carbonyl (C=O) groups excluding carboxylic acids is 3. The van der Waals surface area contributed by atoms with E-state index in [1.165, 1.54) is 23.1 Å². The number of nitrogens with one attached hydrogen (secondary N) is 1. The third-order valence-electron chi connectivity index (χ3n) is 7.47. The number of halogens is 2. The fraction of sp³-hybridized carbons (Fsp3) is 0.516. The van der Waals surface area contributed by atoms with Crippen LogP contribution < -0.4 is 10.1 Å². The summed E-state index contributed by atoms with van der Waals surface area (Å²) in [6.45, 7) is 12.0. The second-order valence-electron chi connectivity index (χ2n) is 12.0. The van der Waals surface area contributed by atoms with Gasteiger partial charge in [0.2, 0.25) is 0 Å². The molecule has 0 spiro atoms. The van der Waals surface area contributed by atoms with Crippen molar-refractivity contribution in [2.45, 2.75) is 64.9 Å². The van der Waals surface area contributed by atoms with Gasteiger partial charge in [0.1, 0.15) is 23.2 Å². The maximum atomic E-state index is 13.7. The number of ketones is 1. The molecule has 9 nitrogen and oxygen atoms in total. The molecule has 2 aliphatic heterocycles. The highest BCUT2D eigenvalue weighted by molar-refractivity contribution is 6.31. The van der Waals surface area contributed by atoms with Gasteiger partial charge in [-0.15, -0.1) is 0 Å². The molecule has 1 N–H and O–H groups in total. The molecule has 2 saturated heterocycles. The van der Waals surface area contributed by atoms with Crippen LogP contribution in [0.1, 0.15) is 50.5 Å². The van der Waals surface area contributed by atoms with Crippen LogP contribution in [-0.4, -0.2) is 95.5 Å². The molecule has 0 bridgehead atoms. The second-order valence-corrected chi connectivity index (χ2v) is 12.4. The average molecular weight is 603 g/mol. The lowest BCUT2D eigenvalue weighted by Gasteiger charge is -2.44. The molecule has 4 rings (SSSR count). The molecule has 0 aromatic heterocycles. The maximum absolute atomic E-state index is 13.7. The number of carbonyl (C=O) groups is 3. The normalized spacial score (nSPS) is 21.6. The van der Waals surface area contributed by atoms with Crippen LogP contribution in [0.15, 0.2) is 42.5 Å². The van der Waals surface area contributed by atoms with Crippen molar-refractivity contribution < 1.29 is 28.2 Å². The van der Waals surface area contributed by atoms with Crippen LogP contribution in [0.4, 0.5) is 9.18 Å². The molecule has 42 heavy (non-hydrogen) atoms. The van der Waals surface area contributed by atoms with E-state index >= 15 is 0 Å². The number of benzene rings is 2. The van der Waals surface area contributed by atoms with Crippen molar-refractivity contribution in [3.05, 3.63) is 64.4 Å². The Balaban J connectivity index is 1.42. The Labute approximate surface area is 251 Å². The Morgan fingerprint density at radius 3 is 2.43 bits per heavy atom. The molecular weight excluding hydrogens is 563 g/mol. The Bertz CT molecular complexity index is 1290. The van der Waals surface area contributed by atoms with Crippen molar-refractivity contribution in [1.82, 2.24) is 20.0 Å². The van der Waals surface area contributed by atoms with Crippen molar-refractivity contribution in [2.75, 3.05) is 39.3 Å². The Morgan fingerprint density at radius 2 is 1.74 bits per heavy atom. The molecule has 2 fully saturated rings. The lowest BCUT2D eigenvalue weighted by molar-refractivity contribution is -0.139. The minimum absolute atomic E-state index is 0.0697. The number of amides is 2. The first-order valence-corrected chi connectivity index (χ1v) is 14.6. The molecule has 0 saturated carbocycles. The van der Waals surface area contributed by atoms with Gasteiger partial charge in [0.15, 0.2) is 12.4 Å². The standard InChI is InChI=1S/C31H40ClFN4O5/c1-20-17-37(21(2)16-35(20)18-22-6-9-24(33)10-7-22)28(38)19-41-27-11-8-23(32)14-25(27)29(39)26-15-34-12-13-36(26)30(40)42-31(3,4)5/h6-11,14,20-21,26,34H,12-13,15-19H2,1-5H3. The fourth-order valence-electron chi connectivity index (χ4n) is 5.29. The van der Waals surface area contributed by atoms with E-state index in [0.717, 1.165) is 5.56 Å². The topological polar surface area (TPSA) is 91.4 Å². The van der Waals surface area contributed by atoms with Gasteiger partial charge in [0.05, 0.1) is 5.56 Å². The summed E-state index contributed by atoms with van der Waals surface area (Å²) in [5.74, 6) is -0.590. The van der Waals surface area contributed by atoms with Crippen molar-refractivity contribution in [3.63, 3.8) is 0 Å². The summed E-state index contributed by atoms with van der Waals surface area (Å²) >= 11 is 6.26. The van der Waals surface area contributed by atoms with Crippen LogP contribution >= 0.6 is 11.6 Å². The first kappa shape index (κ1) is 31.7. The largest absolute Gasteiger partial charge is 0.483 e. The van der Waals surface area contributed by atoms with E-state index in [1.807, 2.05) is 6.92 Å². The van der Waals surface area contributed by atoms with Crippen LogP contribution in [0.3, 0.4) is 0 Å². The van der Waals surface area contributed by atoms with Crippen LogP contribution in [0.2, 0.25) is 5.02 Å². The summed E-state index contributed by atoms with van der Waals surface area (Å²) in [5, 5.41) is 3.50. The molecule has 2 aromatic carbocycles. The highest BCUT2D eigenvalue weighted by atomic mass is 35.5. The van der Waals surface area contributed by atoms with Gasteiger partial charge in [-0.2, -0.15) is 0 Å². The van der Waals surface area contributed by atoms with Gasteiger partial charge in [-0.25, -0.2) is 9.18 Å². The molecule has 228 valence electrons. The van der Waals surface area contributed by atoms with Gasteiger partial charge >= 0.3 is 6.09 Å². The van der Waals surface area contributed by atoms with E-state index in [4.69, 9.17) is 21.1 Å². The number of Topliss-reactive ketones (excluding diaryl/α,β-unsaturated/α-hetero) is 1. The predicted molar refractivity (Wildman–Crippen MR) is 158 cm³/mol. The molecular formula is C31H40ClFN4O5. The summed E-state index contributed by atoms with van der Waals surface area (Å²) in [6.07, 6.45) is -0.566. The van der Waals surface area contributed by atoms with Crippen molar-refractivity contribution in [2.24, 2.45) is 0 Å². The number of hydrogen-bond donors (Lipinski definition) is 1. The summed E-state index contributed by atoms with van der Waals surface area (Å²) in [7, 11) is 0.